The highest BCUT2D eigenvalue weighted by atomic mass is 31.2. The van der Waals surface area contributed by atoms with Gasteiger partial charge in [0.25, 0.3) is 5.91 Å². The van der Waals surface area contributed by atoms with E-state index in [1.54, 1.807) is 0 Å². The molecule has 1 fully saturated rings. The van der Waals surface area contributed by atoms with Gasteiger partial charge in [0, 0.05) is 0 Å². The number of amides is 3. The summed E-state index contributed by atoms with van der Waals surface area (Å²) in [5, 5.41) is 4.39. The number of phosphoric acid groups is 1. The van der Waals surface area contributed by atoms with Gasteiger partial charge in [0.05, 0.1) is 6.61 Å². The highest BCUT2D eigenvalue weighted by Crippen LogP contribution is 2.35. The van der Waals surface area contributed by atoms with Gasteiger partial charge < -0.3 is 15.1 Å². The lowest BCUT2D eigenvalue weighted by atomic mass is 10.2. The Hall–Kier alpha value is -0.950. The van der Waals surface area contributed by atoms with Crippen molar-refractivity contribution in [2.45, 2.75) is 18.9 Å². The summed E-state index contributed by atoms with van der Waals surface area (Å²) in [4.78, 5) is 38.3. The van der Waals surface area contributed by atoms with Crippen LogP contribution in [0.15, 0.2) is 0 Å². The number of carbonyl (C=O) groups is 2. The van der Waals surface area contributed by atoms with Gasteiger partial charge in [-0.25, -0.2) is 9.36 Å². The van der Waals surface area contributed by atoms with Crippen molar-refractivity contribution in [3.8, 4) is 0 Å². The Bertz CT molecular complexity index is 313. The molecular weight excluding hydrogens is 227 g/mol. The van der Waals surface area contributed by atoms with Gasteiger partial charge in [-0.15, -0.1) is 0 Å². The minimum atomic E-state index is -4.44. The van der Waals surface area contributed by atoms with Gasteiger partial charge in [-0.2, -0.15) is 0 Å². The number of urea groups is 1. The summed E-state index contributed by atoms with van der Waals surface area (Å²) >= 11 is 0. The summed E-state index contributed by atoms with van der Waals surface area (Å²) in [5.74, 6) is -0.434. The van der Waals surface area contributed by atoms with Crippen LogP contribution in [0.5, 0.6) is 0 Å². The molecular formula is C6H11N2O6P. The first-order valence-corrected chi connectivity index (χ1v) is 5.73. The van der Waals surface area contributed by atoms with Gasteiger partial charge in [0.2, 0.25) is 0 Å². The number of phosphoric ester groups is 1. The second kappa shape index (κ2) is 4.71. The van der Waals surface area contributed by atoms with Crippen molar-refractivity contribution in [2.24, 2.45) is 0 Å². The molecule has 1 heterocycles. The van der Waals surface area contributed by atoms with Crippen molar-refractivity contribution in [1.29, 1.82) is 0 Å². The molecule has 3 amide bonds. The summed E-state index contributed by atoms with van der Waals surface area (Å²) in [6.07, 6.45) is 0.543. The van der Waals surface area contributed by atoms with E-state index in [9.17, 15) is 14.2 Å². The fourth-order valence-corrected chi connectivity index (χ4v) is 1.50. The van der Waals surface area contributed by atoms with Crippen LogP contribution in [0, 0.1) is 0 Å². The predicted octanol–water partition coefficient (Wildman–Crippen LogP) is -0.916. The molecule has 1 rings (SSSR count). The quantitative estimate of drug-likeness (QED) is 0.279. The fraction of sp³-hybridized carbons (Fsp3) is 0.667. The summed E-state index contributed by atoms with van der Waals surface area (Å²) in [5.41, 5.74) is 0. The van der Waals surface area contributed by atoms with Crippen molar-refractivity contribution in [2.75, 3.05) is 6.61 Å². The lowest BCUT2D eigenvalue weighted by molar-refractivity contribution is -0.120. The number of hydrogen-bond acceptors (Lipinski definition) is 4. The lowest BCUT2D eigenvalue weighted by Crippen LogP contribution is -2.28. The van der Waals surface area contributed by atoms with Crippen LogP contribution in [-0.2, 0) is 13.9 Å². The SMILES string of the molecule is O=C1NC(=O)C(CCCOP(=O)(O)O)N1. The molecule has 1 aliphatic rings. The maximum absolute atomic E-state index is 11.0. The van der Waals surface area contributed by atoms with Crippen molar-refractivity contribution in [3.05, 3.63) is 0 Å². The molecule has 0 aromatic rings. The van der Waals surface area contributed by atoms with Gasteiger partial charge in [0.15, 0.2) is 0 Å². The van der Waals surface area contributed by atoms with Crippen molar-refractivity contribution >= 4 is 19.8 Å². The van der Waals surface area contributed by atoms with Crippen LogP contribution in [0.3, 0.4) is 0 Å². The average molecular weight is 238 g/mol. The number of nitrogens with one attached hydrogen (secondary N) is 2. The molecule has 4 N–H and O–H groups in total. The second-order valence-electron chi connectivity index (χ2n) is 2.98. The van der Waals surface area contributed by atoms with E-state index in [1.807, 2.05) is 5.32 Å². The highest BCUT2D eigenvalue weighted by Gasteiger charge is 2.28. The zero-order valence-electron chi connectivity index (χ0n) is 7.67. The number of carbonyl (C=O) groups excluding carboxylic acids is 2. The zero-order chi connectivity index (χ0) is 11.5. The molecule has 1 unspecified atom stereocenters. The molecule has 1 aliphatic heterocycles. The summed E-state index contributed by atoms with van der Waals surface area (Å²) < 4.78 is 14.4. The smallest absolute Gasteiger partial charge is 0.326 e. The average Bonchev–Trinajstić information content (AvgIpc) is 2.37. The maximum Gasteiger partial charge on any atom is 0.469 e. The molecule has 0 aromatic carbocycles. The Balaban J connectivity index is 2.18. The highest BCUT2D eigenvalue weighted by molar-refractivity contribution is 7.46. The third-order valence-corrected chi connectivity index (χ3v) is 2.27. The molecule has 0 bridgehead atoms. The van der Waals surface area contributed by atoms with Crippen LogP contribution in [0.2, 0.25) is 0 Å². The second-order valence-corrected chi connectivity index (χ2v) is 4.22. The molecule has 1 saturated heterocycles. The number of imide groups is 1. The van der Waals surface area contributed by atoms with Crippen LogP contribution in [-0.4, -0.2) is 34.4 Å². The molecule has 9 heteroatoms. The van der Waals surface area contributed by atoms with E-state index in [-0.39, 0.29) is 19.4 Å². The van der Waals surface area contributed by atoms with E-state index >= 15 is 0 Å². The number of hydrogen-bond donors (Lipinski definition) is 4. The topological polar surface area (TPSA) is 125 Å². The zero-order valence-corrected chi connectivity index (χ0v) is 8.57. The summed E-state index contributed by atoms with van der Waals surface area (Å²) in [6.45, 7) is -0.163. The Morgan fingerprint density at radius 2 is 2.07 bits per heavy atom. The van der Waals surface area contributed by atoms with E-state index in [0.717, 1.165) is 0 Å². The fourth-order valence-electron chi connectivity index (χ4n) is 1.13. The van der Waals surface area contributed by atoms with Crippen LogP contribution in [0.4, 0.5) is 4.79 Å². The van der Waals surface area contributed by atoms with E-state index in [1.165, 1.54) is 0 Å². The van der Waals surface area contributed by atoms with Crippen LogP contribution in [0.25, 0.3) is 0 Å². The minimum Gasteiger partial charge on any atom is -0.326 e. The Morgan fingerprint density at radius 1 is 1.40 bits per heavy atom. The molecule has 1 atom stereocenters. The molecule has 0 spiro atoms. The monoisotopic (exact) mass is 238 g/mol. The number of rotatable bonds is 5. The van der Waals surface area contributed by atoms with Gasteiger partial charge in [0.1, 0.15) is 6.04 Å². The maximum atomic E-state index is 11.0. The van der Waals surface area contributed by atoms with Crippen LogP contribution in [0.1, 0.15) is 12.8 Å². The summed E-state index contributed by atoms with van der Waals surface area (Å²) in [7, 11) is -4.44. The normalized spacial score (nSPS) is 21.3. The van der Waals surface area contributed by atoms with Gasteiger partial charge in [-0.05, 0) is 12.8 Å². The first kappa shape index (κ1) is 12.1. The first-order chi connectivity index (χ1) is 6.88. The molecule has 8 nitrogen and oxygen atoms in total. The summed E-state index contributed by atoms with van der Waals surface area (Å²) in [6, 6.07) is -1.20. The van der Waals surface area contributed by atoms with Gasteiger partial charge >= 0.3 is 13.9 Å². The lowest BCUT2D eigenvalue weighted by Gasteiger charge is -2.07. The Kier molecular flexibility index (Phi) is 3.81. The van der Waals surface area contributed by atoms with E-state index < -0.39 is 25.8 Å². The molecule has 86 valence electrons. The van der Waals surface area contributed by atoms with Crippen molar-refractivity contribution < 1.29 is 28.5 Å². The first-order valence-electron chi connectivity index (χ1n) is 4.20. The molecule has 0 radical (unpaired) electrons. The molecule has 15 heavy (non-hydrogen) atoms. The third-order valence-electron chi connectivity index (χ3n) is 1.76. The molecule has 0 aliphatic carbocycles. The van der Waals surface area contributed by atoms with E-state index in [2.05, 4.69) is 9.84 Å². The van der Waals surface area contributed by atoms with Gasteiger partial charge in [-0.1, -0.05) is 0 Å². The van der Waals surface area contributed by atoms with Crippen LogP contribution < -0.4 is 10.6 Å². The standard InChI is InChI=1S/C6H11N2O6P/c9-5-4(7-6(10)8-5)2-1-3-14-15(11,12)13/h4H,1-3H2,(H2,11,12,13)(H2,7,8,9,10). The minimum absolute atomic E-state index is 0.163. The Labute approximate surface area is 85.2 Å². The molecule has 0 saturated carbocycles. The van der Waals surface area contributed by atoms with E-state index in [0.29, 0.717) is 0 Å². The van der Waals surface area contributed by atoms with Gasteiger partial charge in [-0.3, -0.25) is 14.6 Å². The largest absolute Gasteiger partial charge is 0.469 e. The molecule has 0 aromatic heterocycles. The Morgan fingerprint density at radius 3 is 2.53 bits per heavy atom. The van der Waals surface area contributed by atoms with E-state index in [4.69, 9.17) is 9.79 Å². The predicted molar refractivity (Wildman–Crippen MR) is 47.7 cm³/mol. The van der Waals surface area contributed by atoms with Crippen LogP contribution >= 0.6 is 7.82 Å². The van der Waals surface area contributed by atoms with Crippen molar-refractivity contribution in [1.82, 2.24) is 10.6 Å². The van der Waals surface area contributed by atoms with Crippen molar-refractivity contribution in [3.63, 3.8) is 0 Å². The third kappa shape index (κ3) is 4.39.